The number of hydrogen-bond acceptors (Lipinski definition) is 8. The van der Waals surface area contributed by atoms with Gasteiger partial charge in [0.05, 0.1) is 19.8 Å². The van der Waals surface area contributed by atoms with Crippen molar-refractivity contribution in [2.45, 2.75) is 36.8 Å². The Kier molecular flexibility index (Phi) is 5.70. The zero-order valence-electron chi connectivity index (χ0n) is 9.09. The van der Waals surface area contributed by atoms with Gasteiger partial charge in [0.15, 0.2) is 6.29 Å². The van der Waals surface area contributed by atoms with Gasteiger partial charge in [-0.15, -0.1) is 0 Å². The molecule has 1 saturated heterocycles. The molecule has 8 nitrogen and oxygen atoms in total. The lowest BCUT2D eigenvalue weighted by Gasteiger charge is -2.28. The van der Waals surface area contributed by atoms with Gasteiger partial charge in [0.2, 0.25) is 0 Å². The molecule has 0 aliphatic carbocycles. The second kappa shape index (κ2) is 6.57. The summed E-state index contributed by atoms with van der Waals surface area (Å²) in [6, 6.07) is 0. The Labute approximate surface area is 97.6 Å². The van der Waals surface area contributed by atoms with Crippen LogP contribution in [0, 0.1) is 0 Å². The molecule has 6 N–H and O–H groups in total. The average molecular weight is 254 g/mol. The minimum atomic E-state index is -1.84. The smallest absolute Gasteiger partial charge is 0.183 e. The number of hydrogen-bond donors (Lipinski definition) is 6. The van der Waals surface area contributed by atoms with Gasteiger partial charge in [-0.2, -0.15) is 0 Å². The van der Waals surface area contributed by atoms with Crippen LogP contribution >= 0.6 is 0 Å². The molecule has 1 aliphatic rings. The molecule has 1 heterocycles. The quantitative estimate of drug-likeness (QED) is 0.191. The van der Waals surface area contributed by atoms with Gasteiger partial charge in [0, 0.05) is 0 Å². The van der Waals surface area contributed by atoms with Gasteiger partial charge in [-0.1, -0.05) is 0 Å². The van der Waals surface area contributed by atoms with Gasteiger partial charge in [-0.25, -0.2) is 0 Å². The molecule has 1 fully saturated rings. The van der Waals surface area contributed by atoms with E-state index in [0.717, 1.165) is 0 Å². The number of rotatable bonds is 8. The van der Waals surface area contributed by atoms with Crippen molar-refractivity contribution in [3.63, 3.8) is 0 Å². The normalized spacial score (nSPS) is 28.2. The van der Waals surface area contributed by atoms with E-state index in [0.29, 0.717) is 6.61 Å². The number of ether oxygens (including phenoxy) is 2. The Morgan fingerprint density at radius 1 is 1.06 bits per heavy atom. The molecule has 1 rings (SSSR count). The maximum absolute atomic E-state index is 9.42. The first-order valence-corrected chi connectivity index (χ1v) is 5.21. The summed E-state index contributed by atoms with van der Waals surface area (Å²) in [6.45, 7) is -0.210. The van der Waals surface area contributed by atoms with Crippen molar-refractivity contribution in [3.8, 4) is 0 Å². The highest BCUT2D eigenvalue weighted by atomic mass is 16.6. The Bertz CT molecular complexity index is 221. The van der Waals surface area contributed by atoms with E-state index in [1.807, 2.05) is 0 Å². The van der Waals surface area contributed by atoms with Crippen molar-refractivity contribution in [3.05, 3.63) is 0 Å². The van der Waals surface area contributed by atoms with E-state index in [2.05, 4.69) is 0 Å². The summed E-state index contributed by atoms with van der Waals surface area (Å²) in [7, 11) is 0. The van der Waals surface area contributed by atoms with E-state index in [1.54, 1.807) is 0 Å². The van der Waals surface area contributed by atoms with Crippen LogP contribution < -0.4 is 0 Å². The fourth-order valence-corrected chi connectivity index (χ4v) is 1.18. The monoisotopic (exact) mass is 254 g/mol. The van der Waals surface area contributed by atoms with E-state index >= 15 is 0 Å². The molecule has 2 unspecified atom stereocenters. The van der Waals surface area contributed by atoms with Crippen molar-refractivity contribution in [1.82, 2.24) is 0 Å². The van der Waals surface area contributed by atoms with Crippen LogP contribution in [0.15, 0.2) is 0 Å². The SMILES string of the molecule is OC[C@@H](O)[C@@H](O)[C@H](O)[C@@H](O)C(O)OCC1CO1. The Hall–Kier alpha value is -0.320. The zero-order valence-corrected chi connectivity index (χ0v) is 9.09. The van der Waals surface area contributed by atoms with E-state index in [9.17, 15) is 20.4 Å². The molecular weight excluding hydrogens is 236 g/mol. The highest BCUT2D eigenvalue weighted by Crippen LogP contribution is 2.13. The third-order valence-electron chi connectivity index (χ3n) is 2.43. The van der Waals surface area contributed by atoms with Gasteiger partial charge in [0.1, 0.15) is 30.5 Å². The first-order valence-electron chi connectivity index (χ1n) is 5.21. The predicted molar refractivity (Wildman–Crippen MR) is 52.8 cm³/mol. The lowest BCUT2D eigenvalue weighted by atomic mass is 10.0. The second-order valence-electron chi connectivity index (χ2n) is 3.90. The molecule has 0 aromatic rings. The van der Waals surface area contributed by atoms with E-state index < -0.39 is 37.3 Å². The number of epoxide rings is 1. The number of aliphatic hydroxyl groups is 6. The van der Waals surface area contributed by atoms with Crippen LogP contribution in [0.25, 0.3) is 0 Å². The summed E-state index contributed by atoms with van der Waals surface area (Å²) in [5.74, 6) is 0. The third-order valence-corrected chi connectivity index (χ3v) is 2.43. The summed E-state index contributed by atoms with van der Waals surface area (Å²) in [4.78, 5) is 0. The molecule has 0 bridgehead atoms. The first kappa shape index (κ1) is 14.7. The van der Waals surface area contributed by atoms with Crippen molar-refractivity contribution in [1.29, 1.82) is 0 Å². The van der Waals surface area contributed by atoms with Crippen LogP contribution in [0.2, 0.25) is 0 Å². The molecule has 0 amide bonds. The van der Waals surface area contributed by atoms with Crippen LogP contribution in [0.3, 0.4) is 0 Å². The molecule has 0 radical (unpaired) electrons. The average Bonchev–Trinajstić information content (AvgIpc) is 3.15. The van der Waals surface area contributed by atoms with Gasteiger partial charge in [-0.3, -0.25) is 0 Å². The molecule has 8 heteroatoms. The van der Waals surface area contributed by atoms with Crippen molar-refractivity contribution in [2.75, 3.05) is 19.8 Å². The van der Waals surface area contributed by atoms with Crippen LogP contribution in [-0.4, -0.2) is 87.3 Å². The van der Waals surface area contributed by atoms with Crippen LogP contribution in [0.4, 0.5) is 0 Å². The molecule has 1 aliphatic heterocycles. The summed E-state index contributed by atoms with van der Waals surface area (Å²) in [5, 5.41) is 55.0. The highest BCUT2D eigenvalue weighted by Gasteiger charge is 2.35. The maximum Gasteiger partial charge on any atom is 0.183 e. The summed E-state index contributed by atoms with van der Waals surface area (Å²) >= 11 is 0. The lowest BCUT2D eigenvalue weighted by molar-refractivity contribution is -0.212. The van der Waals surface area contributed by atoms with E-state index in [1.165, 1.54) is 0 Å². The zero-order chi connectivity index (χ0) is 13.0. The maximum atomic E-state index is 9.42. The largest absolute Gasteiger partial charge is 0.394 e. The van der Waals surface area contributed by atoms with Crippen LogP contribution in [0.5, 0.6) is 0 Å². The van der Waals surface area contributed by atoms with Gasteiger partial charge in [-0.05, 0) is 0 Å². The van der Waals surface area contributed by atoms with Crippen molar-refractivity contribution >= 4 is 0 Å². The fourth-order valence-electron chi connectivity index (χ4n) is 1.18. The van der Waals surface area contributed by atoms with Gasteiger partial charge >= 0.3 is 0 Å². The molecule has 102 valence electrons. The number of aliphatic hydroxyl groups excluding tert-OH is 6. The molecule has 0 aromatic carbocycles. The summed E-state index contributed by atoms with van der Waals surface area (Å²) in [6.07, 6.45) is -8.88. The predicted octanol–water partition coefficient (Wildman–Crippen LogP) is -3.84. The third kappa shape index (κ3) is 4.45. The standard InChI is InChI=1S/C9H18O8/c10-1-5(11)6(12)7(13)8(14)9(15)17-3-4-2-16-4/h4-15H,1-3H2/t4?,5-,6-,7+,8-,9?/m1/s1. The van der Waals surface area contributed by atoms with Crippen LogP contribution in [0.1, 0.15) is 0 Å². The second-order valence-corrected chi connectivity index (χ2v) is 3.90. The minimum Gasteiger partial charge on any atom is -0.394 e. The molecule has 0 spiro atoms. The van der Waals surface area contributed by atoms with Gasteiger partial charge in [0.25, 0.3) is 0 Å². The van der Waals surface area contributed by atoms with Crippen LogP contribution in [-0.2, 0) is 9.47 Å². The lowest BCUT2D eigenvalue weighted by Crippen LogP contribution is -2.50. The molecule has 6 atom stereocenters. The molecule has 17 heavy (non-hydrogen) atoms. The van der Waals surface area contributed by atoms with E-state index in [-0.39, 0.29) is 12.7 Å². The Balaban J connectivity index is 2.34. The molecule has 0 aromatic heterocycles. The Morgan fingerprint density at radius 3 is 2.12 bits per heavy atom. The molecule has 0 saturated carbocycles. The highest BCUT2D eigenvalue weighted by molar-refractivity contribution is 4.82. The molecular formula is C9H18O8. The van der Waals surface area contributed by atoms with Crippen molar-refractivity contribution in [2.24, 2.45) is 0 Å². The topological polar surface area (TPSA) is 143 Å². The van der Waals surface area contributed by atoms with E-state index in [4.69, 9.17) is 19.7 Å². The fraction of sp³-hybridized carbons (Fsp3) is 1.00. The Morgan fingerprint density at radius 2 is 1.65 bits per heavy atom. The summed E-state index contributed by atoms with van der Waals surface area (Å²) in [5.41, 5.74) is 0. The summed E-state index contributed by atoms with van der Waals surface area (Å²) < 4.78 is 9.58. The van der Waals surface area contributed by atoms with Crippen molar-refractivity contribution < 1.29 is 40.1 Å². The first-order chi connectivity index (χ1) is 7.97. The van der Waals surface area contributed by atoms with Gasteiger partial charge < -0.3 is 40.1 Å². The minimum absolute atomic E-state index is 0.0591.